The Morgan fingerprint density at radius 1 is 0.920 bits per heavy atom. The monoisotopic (exact) mass is 343 g/mol. The molecule has 0 heterocycles. The van der Waals surface area contributed by atoms with Crippen LogP contribution in [0.5, 0.6) is 11.5 Å². The molecule has 0 saturated carbocycles. The molecule has 0 saturated heterocycles. The topological polar surface area (TPSA) is 84.9 Å². The van der Waals surface area contributed by atoms with Gasteiger partial charge in [-0.05, 0) is 67.8 Å². The molecule has 25 heavy (non-hydrogen) atoms. The molecule has 1 amide bonds. The molecule has 0 aliphatic rings. The average Bonchev–Trinajstić information content (AvgIpc) is 2.56. The van der Waals surface area contributed by atoms with E-state index < -0.39 is 12.6 Å². The third-order valence-corrected chi connectivity index (χ3v) is 3.65. The SMILES string of the molecule is Cc1cc(C)c(OCC(=O)Nc2ccc(OCC(=O)O)cc2)cc1C. The van der Waals surface area contributed by atoms with Crippen LogP contribution in [0.25, 0.3) is 0 Å². The minimum atomic E-state index is -1.05. The van der Waals surface area contributed by atoms with Gasteiger partial charge in [-0.1, -0.05) is 6.07 Å². The predicted octanol–water partition coefficient (Wildman–Crippen LogP) is 3.09. The Balaban J connectivity index is 1.88. The first kappa shape index (κ1) is 18.3. The molecule has 6 nitrogen and oxygen atoms in total. The van der Waals surface area contributed by atoms with E-state index in [1.807, 2.05) is 32.9 Å². The van der Waals surface area contributed by atoms with Gasteiger partial charge in [0.25, 0.3) is 5.91 Å². The van der Waals surface area contributed by atoms with Gasteiger partial charge in [0.15, 0.2) is 13.2 Å². The van der Waals surface area contributed by atoms with Crippen LogP contribution in [0.15, 0.2) is 36.4 Å². The number of benzene rings is 2. The first-order valence-electron chi connectivity index (χ1n) is 7.80. The first-order chi connectivity index (χ1) is 11.8. The maximum absolute atomic E-state index is 12.0. The van der Waals surface area contributed by atoms with E-state index in [0.717, 1.165) is 11.1 Å². The lowest BCUT2D eigenvalue weighted by molar-refractivity contribution is -0.139. The molecule has 2 aromatic rings. The molecule has 0 bridgehead atoms. The minimum Gasteiger partial charge on any atom is -0.483 e. The van der Waals surface area contributed by atoms with Crippen molar-refractivity contribution in [3.63, 3.8) is 0 Å². The molecular weight excluding hydrogens is 322 g/mol. The van der Waals surface area contributed by atoms with E-state index in [1.54, 1.807) is 24.3 Å². The summed E-state index contributed by atoms with van der Waals surface area (Å²) in [7, 11) is 0. The molecule has 132 valence electrons. The summed E-state index contributed by atoms with van der Waals surface area (Å²) in [6, 6.07) is 10.4. The molecule has 2 aromatic carbocycles. The van der Waals surface area contributed by atoms with Gasteiger partial charge in [-0.15, -0.1) is 0 Å². The van der Waals surface area contributed by atoms with Crippen molar-refractivity contribution in [3.05, 3.63) is 53.1 Å². The van der Waals surface area contributed by atoms with Crippen molar-refractivity contribution in [2.45, 2.75) is 20.8 Å². The third kappa shape index (κ3) is 5.53. The summed E-state index contributed by atoms with van der Waals surface area (Å²) in [6.07, 6.45) is 0. The van der Waals surface area contributed by atoms with Gasteiger partial charge in [-0.3, -0.25) is 4.79 Å². The van der Waals surface area contributed by atoms with Gasteiger partial charge in [0, 0.05) is 5.69 Å². The fourth-order valence-electron chi connectivity index (χ4n) is 2.21. The van der Waals surface area contributed by atoms with Crippen LogP contribution in [-0.4, -0.2) is 30.2 Å². The highest BCUT2D eigenvalue weighted by Crippen LogP contribution is 2.22. The highest BCUT2D eigenvalue weighted by atomic mass is 16.5. The number of nitrogens with one attached hydrogen (secondary N) is 1. The van der Waals surface area contributed by atoms with E-state index >= 15 is 0 Å². The number of anilines is 1. The summed E-state index contributed by atoms with van der Waals surface area (Å²) in [5, 5.41) is 11.3. The average molecular weight is 343 g/mol. The summed E-state index contributed by atoms with van der Waals surface area (Å²) >= 11 is 0. The number of carbonyl (C=O) groups excluding carboxylic acids is 1. The van der Waals surface area contributed by atoms with E-state index in [4.69, 9.17) is 14.6 Å². The van der Waals surface area contributed by atoms with Gasteiger partial charge in [-0.2, -0.15) is 0 Å². The minimum absolute atomic E-state index is 0.0966. The lowest BCUT2D eigenvalue weighted by Crippen LogP contribution is -2.20. The molecule has 2 rings (SSSR count). The number of hydrogen-bond acceptors (Lipinski definition) is 4. The molecule has 6 heteroatoms. The van der Waals surface area contributed by atoms with Gasteiger partial charge < -0.3 is 19.9 Å². The highest BCUT2D eigenvalue weighted by molar-refractivity contribution is 5.91. The van der Waals surface area contributed by atoms with Crippen molar-refractivity contribution in [2.75, 3.05) is 18.5 Å². The Labute approximate surface area is 146 Å². The zero-order valence-corrected chi connectivity index (χ0v) is 14.5. The molecule has 0 unspecified atom stereocenters. The number of rotatable bonds is 7. The number of aryl methyl sites for hydroxylation is 3. The van der Waals surface area contributed by atoms with Crippen molar-refractivity contribution >= 4 is 17.6 Å². The zero-order chi connectivity index (χ0) is 18.4. The van der Waals surface area contributed by atoms with Crippen LogP contribution in [-0.2, 0) is 9.59 Å². The van der Waals surface area contributed by atoms with E-state index in [-0.39, 0.29) is 12.5 Å². The lowest BCUT2D eigenvalue weighted by atomic mass is 10.1. The third-order valence-electron chi connectivity index (χ3n) is 3.65. The number of ether oxygens (including phenoxy) is 2. The molecule has 2 N–H and O–H groups in total. The fraction of sp³-hybridized carbons (Fsp3) is 0.263. The van der Waals surface area contributed by atoms with E-state index in [9.17, 15) is 9.59 Å². The van der Waals surface area contributed by atoms with E-state index in [2.05, 4.69) is 5.32 Å². The largest absolute Gasteiger partial charge is 0.483 e. The van der Waals surface area contributed by atoms with Gasteiger partial charge >= 0.3 is 5.97 Å². The quantitative estimate of drug-likeness (QED) is 0.807. The number of amides is 1. The van der Waals surface area contributed by atoms with Crippen molar-refractivity contribution in [2.24, 2.45) is 0 Å². The van der Waals surface area contributed by atoms with Crippen molar-refractivity contribution < 1.29 is 24.2 Å². The summed E-state index contributed by atoms with van der Waals surface area (Å²) in [6.45, 7) is 5.46. The smallest absolute Gasteiger partial charge is 0.341 e. The molecule has 0 aliphatic heterocycles. The predicted molar refractivity (Wildman–Crippen MR) is 94.4 cm³/mol. The Morgan fingerprint density at radius 3 is 2.20 bits per heavy atom. The van der Waals surface area contributed by atoms with Crippen molar-refractivity contribution in [3.8, 4) is 11.5 Å². The molecule has 0 aromatic heterocycles. The summed E-state index contributed by atoms with van der Waals surface area (Å²) in [5.41, 5.74) is 3.85. The maximum atomic E-state index is 12.0. The van der Waals surface area contributed by atoms with Crippen LogP contribution < -0.4 is 14.8 Å². The van der Waals surface area contributed by atoms with Gasteiger partial charge in [-0.25, -0.2) is 4.79 Å². The standard InChI is InChI=1S/C19H21NO5/c1-12-8-14(3)17(9-13(12)2)25-10-18(21)20-15-4-6-16(7-5-15)24-11-19(22)23/h4-9H,10-11H2,1-3H3,(H,20,21)(H,22,23). The van der Waals surface area contributed by atoms with Gasteiger partial charge in [0.2, 0.25) is 0 Å². The second kappa shape index (κ2) is 8.19. The van der Waals surface area contributed by atoms with Crippen LogP contribution in [0.2, 0.25) is 0 Å². The van der Waals surface area contributed by atoms with Crippen LogP contribution in [0.3, 0.4) is 0 Å². The lowest BCUT2D eigenvalue weighted by Gasteiger charge is -2.12. The summed E-state index contributed by atoms with van der Waals surface area (Å²) in [4.78, 5) is 22.4. The zero-order valence-electron chi connectivity index (χ0n) is 14.5. The number of carboxylic acids is 1. The number of carboxylic acid groups (broad SMARTS) is 1. The Hall–Kier alpha value is -3.02. The summed E-state index contributed by atoms with van der Waals surface area (Å²) in [5.74, 6) is -0.217. The Bertz CT molecular complexity index is 768. The second-order valence-electron chi connectivity index (χ2n) is 5.75. The fourth-order valence-corrected chi connectivity index (χ4v) is 2.21. The van der Waals surface area contributed by atoms with Crippen LogP contribution >= 0.6 is 0 Å². The van der Waals surface area contributed by atoms with Crippen molar-refractivity contribution in [1.29, 1.82) is 0 Å². The summed E-state index contributed by atoms with van der Waals surface area (Å²) < 4.78 is 10.6. The molecule has 0 atom stereocenters. The number of hydrogen-bond donors (Lipinski definition) is 2. The number of aliphatic carboxylic acids is 1. The molecule has 0 spiro atoms. The van der Waals surface area contributed by atoms with Gasteiger partial charge in [0.1, 0.15) is 11.5 Å². The van der Waals surface area contributed by atoms with Crippen LogP contribution in [0, 0.1) is 20.8 Å². The van der Waals surface area contributed by atoms with E-state index in [0.29, 0.717) is 17.2 Å². The second-order valence-corrected chi connectivity index (χ2v) is 5.75. The molecule has 0 fully saturated rings. The van der Waals surface area contributed by atoms with Crippen molar-refractivity contribution in [1.82, 2.24) is 0 Å². The molecule has 0 radical (unpaired) electrons. The van der Waals surface area contributed by atoms with E-state index in [1.165, 1.54) is 5.56 Å². The first-order valence-corrected chi connectivity index (χ1v) is 7.80. The van der Waals surface area contributed by atoms with Crippen LogP contribution in [0.4, 0.5) is 5.69 Å². The van der Waals surface area contributed by atoms with Crippen LogP contribution in [0.1, 0.15) is 16.7 Å². The maximum Gasteiger partial charge on any atom is 0.341 e. The Morgan fingerprint density at radius 2 is 1.56 bits per heavy atom. The molecule has 0 aliphatic carbocycles. The normalized spacial score (nSPS) is 10.2. The molecular formula is C19H21NO5. The van der Waals surface area contributed by atoms with Gasteiger partial charge in [0.05, 0.1) is 0 Å². The highest BCUT2D eigenvalue weighted by Gasteiger charge is 2.08. The Kier molecular flexibility index (Phi) is 6.00. The number of carbonyl (C=O) groups is 2.